The molecule has 87 valence electrons. The highest BCUT2D eigenvalue weighted by molar-refractivity contribution is 5.20. The van der Waals surface area contributed by atoms with Gasteiger partial charge in [-0.2, -0.15) is 0 Å². The van der Waals surface area contributed by atoms with E-state index in [1.807, 2.05) is 18.2 Å². The summed E-state index contributed by atoms with van der Waals surface area (Å²) in [5, 5.41) is 0. The van der Waals surface area contributed by atoms with Crippen LogP contribution in [0.4, 0.5) is 0 Å². The van der Waals surface area contributed by atoms with Crippen molar-refractivity contribution in [2.24, 2.45) is 0 Å². The minimum absolute atomic E-state index is 0.0406. The Labute approximate surface area is 97.6 Å². The van der Waals surface area contributed by atoms with Gasteiger partial charge in [-0.25, -0.2) is 0 Å². The Bertz CT molecular complexity index is 330. The van der Waals surface area contributed by atoms with Crippen molar-refractivity contribution in [1.82, 2.24) is 0 Å². The Morgan fingerprint density at radius 1 is 1.12 bits per heavy atom. The van der Waals surface area contributed by atoms with Gasteiger partial charge in [-0.15, -0.1) is 0 Å². The highest BCUT2D eigenvalue weighted by Crippen LogP contribution is 2.41. The maximum absolute atomic E-state index is 6.06. The van der Waals surface area contributed by atoms with Crippen LogP contribution in [0, 0.1) is 6.92 Å². The van der Waals surface area contributed by atoms with Crippen LogP contribution in [0.15, 0.2) is 30.3 Å². The van der Waals surface area contributed by atoms with Crippen molar-refractivity contribution in [3.63, 3.8) is 0 Å². The molecule has 1 aliphatic heterocycles. The first-order chi connectivity index (χ1) is 7.71. The summed E-state index contributed by atoms with van der Waals surface area (Å²) in [6, 6.07) is 10.2. The molecule has 1 saturated heterocycles. The predicted molar refractivity (Wildman–Crippen MR) is 63.8 cm³/mol. The van der Waals surface area contributed by atoms with Crippen molar-refractivity contribution in [2.45, 2.75) is 44.7 Å². The van der Waals surface area contributed by atoms with Crippen LogP contribution in [0.5, 0.6) is 0 Å². The van der Waals surface area contributed by atoms with Crippen molar-refractivity contribution < 1.29 is 9.47 Å². The van der Waals surface area contributed by atoms with Gasteiger partial charge in [0.2, 0.25) is 0 Å². The molecule has 2 atom stereocenters. The van der Waals surface area contributed by atoms with Gasteiger partial charge in [-0.05, 0) is 25.3 Å². The zero-order chi connectivity index (χ0) is 11.6. The lowest BCUT2D eigenvalue weighted by atomic mass is 10.1. The molecule has 2 nitrogen and oxygen atoms in total. The maximum atomic E-state index is 6.06. The second-order valence-corrected chi connectivity index (χ2v) is 4.22. The Kier molecular flexibility index (Phi) is 3.31. The smallest absolute Gasteiger partial charge is 0.169 e. The molecule has 0 spiro atoms. The van der Waals surface area contributed by atoms with E-state index in [4.69, 9.17) is 9.47 Å². The van der Waals surface area contributed by atoms with Crippen LogP contribution < -0.4 is 0 Å². The van der Waals surface area contributed by atoms with Gasteiger partial charge in [0, 0.05) is 0 Å². The minimum atomic E-state index is -0.438. The molecule has 1 heterocycles. The lowest BCUT2D eigenvalue weighted by Gasteiger charge is -2.25. The van der Waals surface area contributed by atoms with Crippen LogP contribution >= 0.6 is 0 Å². The van der Waals surface area contributed by atoms with Gasteiger partial charge in [-0.1, -0.05) is 44.2 Å². The summed E-state index contributed by atoms with van der Waals surface area (Å²) in [5.41, 5.74) is 1.14. The topological polar surface area (TPSA) is 18.5 Å². The van der Waals surface area contributed by atoms with E-state index in [-0.39, 0.29) is 12.2 Å². The van der Waals surface area contributed by atoms with E-state index in [2.05, 4.69) is 32.9 Å². The molecule has 1 fully saturated rings. The standard InChI is InChI=1S/C14H19O2/c1-4-14(5-2)15-11(3)13(16-14)12-9-7-6-8-10-12/h6-11,13H,3-5H2,1-2H3/t11-,13+/m1/s1. The zero-order valence-corrected chi connectivity index (χ0v) is 9.98. The second kappa shape index (κ2) is 4.56. The molecule has 0 N–H and O–H groups in total. The molecule has 0 unspecified atom stereocenters. The Hall–Kier alpha value is -0.860. The number of rotatable bonds is 3. The predicted octanol–water partition coefficient (Wildman–Crippen LogP) is 3.49. The molecule has 0 amide bonds. The van der Waals surface area contributed by atoms with E-state index in [1.54, 1.807) is 0 Å². The van der Waals surface area contributed by atoms with Gasteiger partial charge in [0.15, 0.2) is 5.79 Å². The summed E-state index contributed by atoms with van der Waals surface area (Å²) in [4.78, 5) is 0. The van der Waals surface area contributed by atoms with E-state index in [1.165, 1.54) is 0 Å². The number of hydrogen-bond donors (Lipinski definition) is 0. The molecule has 1 aromatic rings. The van der Waals surface area contributed by atoms with Crippen molar-refractivity contribution in [3.8, 4) is 0 Å². The van der Waals surface area contributed by atoms with E-state index < -0.39 is 5.79 Å². The SMILES string of the molecule is [CH2][C@H]1OC(CC)(CC)O[C@@H]1c1ccccc1. The first kappa shape index (κ1) is 11.6. The van der Waals surface area contributed by atoms with E-state index in [0.29, 0.717) is 0 Å². The highest BCUT2D eigenvalue weighted by atomic mass is 16.8. The Morgan fingerprint density at radius 3 is 2.25 bits per heavy atom. The normalized spacial score (nSPS) is 28.2. The highest BCUT2D eigenvalue weighted by Gasteiger charge is 2.43. The summed E-state index contributed by atoms with van der Waals surface area (Å²) in [7, 11) is 0. The summed E-state index contributed by atoms with van der Waals surface area (Å²) < 4.78 is 11.9. The molecule has 2 rings (SSSR count). The largest absolute Gasteiger partial charge is 0.344 e. The monoisotopic (exact) mass is 219 g/mol. The third-order valence-electron chi connectivity index (χ3n) is 3.25. The summed E-state index contributed by atoms with van der Waals surface area (Å²) in [6.45, 7) is 8.21. The molecule has 0 bridgehead atoms. The van der Waals surface area contributed by atoms with Crippen LogP contribution in [0.25, 0.3) is 0 Å². The average molecular weight is 219 g/mol. The van der Waals surface area contributed by atoms with Crippen LogP contribution in [0.1, 0.15) is 38.4 Å². The van der Waals surface area contributed by atoms with Crippen molar-refractivity contribution in [1.29, 1.82) is 0 Å². The molecule has 0 saturated carbocycles. The molecule has 0 aromatic heterocycles. The van der Waals surface area contributed by atoms with E-state index >= 15 is 0 Å². The van der Waals surface area contributed by atoms with Crippen molar-refractivity contribution in [3.05, 3.63) is 42.8 Å². The summed E-state index contributed by atoms with van der Waals surface area (Å²) >= 11 is 0. The first-order valence-corrected chi connectivity index (χ1v) is 5.94. The van der Waals surface area contributed by atoms with Crippen LogP contribution in [-0.2, 0) is 9.47 Å². The van der Waals surface area contributed by atoms with Gasteiger partial charge >= 0.3 is 0 Å². The molecule has 2 heteroatoms. The fraction of sp³-hybridized carbons (Fsp3) is 0.500. The number of ether oxygens (including phenoxy) is 2. The van der Waals surface area contributed by atoms with Crippen molar-refractivity contribution >= 4 is 0 Å². The van der Waals surface area contributed by atoms with Gasteiger partial charge in [0.05, 0.1) is 6.10 Å². The van der Waals surface area contributed by atoms with Gasteiger partial charge in [0.25, 0.3) is 0 Å². The van der Waals surface area contributed by atoms with Crippen LogP contribution in [0.2, 0.25) is 0 Å². The Balaban J connectivity index is 2.20. The molecule has 1 aliphatic rings. The van der Waals surface area contributed by atoms with Crippen LogP contribution in [-0.4, -0.2) is 11.9 Å². The van der Waals surface area contributed by atoms with Gasteiger partial charge in [-0.3, -0.25) is 0 Å². The molecule has 16 heavy (non-hydrogen) atoms. The molecular formula is C14H19O2. The summed E-state index contributed by atoms with van der Waals surface area (Å²) in [6.07, 6.45) is 1.56. The lowest BCUT2D eigenvalue weighted by molar-refractivity contribution is -0.177. The fourth-order valence-corrected chi connectivity index (χ4v) is 2.18. The van der Waals surface area contributed by atoms with E-state index in [0.717, 1.165) is 18.4 Å². The maximum Gasteiger partial charge on any atom is 0.169 e. The first-order valence-electron chi connectivity index (χ1n) is 5.94. The second-order valence-electron chi connectivity index (χ2n) is 4.22. The number of hydrogen-bond acceptors (Lipinski definition) is 2. The lowest BCUT2D eigenvalue weighted by Crippen LogP contribution is -2.28. The number of benzene rings is 1. The molecule has 0 aliphatic carbocycles. The molecular weight excluding hydrogens is 200 g/mol. The molecule has 1 radical (unpaired) electrons. The van der Waals surface area contributed by atoms with E-state index in [9.17, 15) is 0 Å². The average Bonchev–Trinajstić information content (AvgIpc) is 2.69. The van der Waals surface area contributed by atoms with Crippen molar-refractivity contribution in [2.75, 3.05) is 0 Å². The van der Waals surface area contributed by atoms with Gasteiger partial charge < -0.3 is 9.47 Å². The van der Waals surface area contributed by atoms with Crippen LogP contribution in [0.3, 0.4) is 0 Å². The Morgan fingerprint density at radius 2 is 1.75 bits per heavy atom. The quantitative estimate of drug-likeness (QED) is 0.774. The third kappa shape index (κ3) is 2.00. The van der Waals surface area contributed by atoms with Gasteiger partial charge in [0.1, 0.15) is 6.10 Å². The molecule has 1 aromatic carbocycles. The minimum Gasteiger partial charge on any atom is -0.344 e. The summed E-state index contributed by atoms with van der Waals surface area (Å²) in [5.74, 6) is -0.438. The third-order valence-corrected chi connectivity index (χ3v) is 3.25. The zero-order valence-electron chi connectivity index (χ0n) is 9.98. The fourth-order valence-electron chi connectivity index (χ4n) is 2.18.